The van der Waals surface area contributed by atoms with Gasteiger partial charge in [0.15, 0.2) is 0 Å². The van der Waals surface area contributed by atoms with E-state index in [1.165, 1.54) is 34.4 Å². The van der Waals surface area contributed by atoms with Gasteiger partial charge in [-0.05, 0) is 56.1 Å². The van der Waals surface area contributed by atoms with E-state index in [1.807, 2.05) is 0 Å². The Labute approximate surface area is 147 Å². The van der Waals surface area contributed by atoms with Crippen LogP contribution < -0.4 is 10.1 Å². The lowest BCUT2D eigenvalue weighted by molar-refractivity contribution is 0.0934. The molecule has 24 heavy (non-hydrogen) atoms. The lowest BCUT2D eigenvalue weighted by Gasteiger charge is -2.26. The summed E-state index contributed by atoms with van der Waals surface area (Å²) in [6.45, 7) is 0. The van der Waals surface area contributed by atoms with Gasteiger partial charge in [-0.2, -0.15) is 0 Å². The van der Waals surface area contributed by atoms with Gasteiger partial charge < -0.3 is 10.1 Å². The molecule has 126 valence electrons. The highest BCUT2D eigenvalue weighted by Crippen LogP contribution is 2.40. The molecule has 0 radical (unpaired) electrons. The van der Waals surface area contributed by atoms with Crippen LogP contribution in [0.5, 0.6) is 5.75 Å². The molecule has 0 spiro atoms. The Morgan fingerprint density at radius 1 is 1.17 bits per heavy atom. The minimum Gasteiger partial charge on any atom is -0.495 e. The predicted octanol–water partition coefficient (Wildman–Crippen LogP) is 4.44. The van der Waals surface area contributed by atoms with Gasteiger partial charge in [-0.25, -0.2) is 0 Å². The molecule has 1 N–H and O–H groups in total. The minimum atomic E-state index is 0.0213. The van der Waals surface area contributed by atoms with Crippen molar-refractivity contribution in [3.8, 4) is 5.75 Å². The Kier molecular flexibility index (Phi) is 4.31. The zero-order valence-corrected chi connectivity index (χ0v) is 14.9. The van der Waals surface area contributed by atoms with Gasteiger partial charge in [-0.15, -0.1) is 11.3 Å². The fraction of sp³-hybridized carbons (Fsp3) is 0.450. The summed E-state index contributed by atoms with van der Waals surface area (Å²) in [4.78, 5) is 15.0. The molecule has 1 atom stereocenters. The third-order valence-corrected chi connectivity index (χ3v) is 6.48. The van der Waals surface area contributed by atoms with Crippen molar-refractivity contribution in [1.82, 2.24) is 5.32 Å². The van der Waals surface area contributed by atoms with Crippen molar-refractivity contribution < 1.29 is 9.53 Å². The molecule has 0 saturated carbocycles. The van der Waals surface area contributed by atoms with E-state index in [0.717, 1.165) is 42.7 Å². The average Bonchev–Trinajstić information content (AvgIpc) is 3.01. The number of benzene rings is 1. The standard InChI is InChI=1S/C20H23NO2S/c1-23-18-15-10-4-5-12-17(15)24-19(18)20(22)21-16-11-6-8-13-7-2-3-9-14(13)16/h2-3,7,9,16H,4-6,8,10-12H2,1H3,(H,21,22). The summed E-state index contributed by atoms with van der Waals surface area (Å²) in [7, 11) is 1.68. The fourth-order valence-electron chi connectivity index (χ4n) is 4.03. The second kappa shape index (κ2) is 6.60. The van der Waals surface area contributed by atoms with Crippen LogP contribution >= 0.6 is 11.3 Å². The van der Waals surface area contributed by atoms with Crippen molar-refractivity contribution >= 4 is 17.2 Å². The summed E-state index contributed by atoms with van der Waals surface area (Å²) in [5, 5.41) is 3.27. The van der Waals surface area contributed by atoms with Gasteiger partial charge >= 0.3 is 0 Å². The summed E-state index contributed by atoms with van der Waals surface area (Å²) < 4.78 is 5.61. The average molecular weight is 341 g/mol. The van der Waals surface area contributed by atoms with Gasteiger partial charge in [0.25, 0.3) is 5.91 Å². The van der Waals surface area contributed by atoms with Crippen LogP contribution in [0.15, 0.2) is 24.3 Å². The highest BCUT2D eigenvalue weighted by molar-refractivity contribution is 7.14. The molecule has 0 bridgehead atoms. The molecule has 2 aliphatic rings. The number of rotatable bonds is 3. The predicted molar refractivity (Wildman–Crippen MR) is 97.1 cm³/mol. The van der Waals surface area contributed by atoms with Gasteiger partial charge in [0.1, 0.15) is 10.6 Å². The second-order valence-corrected chi connectivity index (χ2v) is 7.80. The number of aryl methyl sites for hydroxylation is 2. The molecule has 0 saturated heterocycles. The number of carbonyl (C=O) groups is 1. The second-order valence-electron chi connectivity index (χ2n) is 6.69. The molecule has 2 aliphatic carbocycles. The van der Waals surface area contributed by atoms with E-state index >= 15 is 0 Å². The van der Waals surface area contributed by atoms with Crippen LogP contribution in [0.25, 0.3) is 0 Å². The van der Waals surface area contributed by atoms with Crippen molar-refractivity contribution in [2.75, 3.05) is 7.11 Å². The quantitative estimate of drug-likeness (QED) is 0.896. The molecule has 1 heterocycles. The molecule has 1 unspecified atom stereocenters. The molecule has 4 heteroatoms. The largest absolute Gasteiger partial charge is 0.495 e. The smallest absolute Gasteiger partial charge is 0.265 e. The number of hydrogen-bond acceptors (Lipinski definition) is 3. The highest BCUT2D eigenvalue weighted by atomic mass is 32.1. The van der Waals surface area contributed by atoms with E-state index in [4.69, 9.17) is 4.74 Å². The van der Waals surface area contributed by atoms with Crippen molar-refractivity contribution in [2.24, 2.45) is 0 Å². The Hall–Kier alpha value is -1.81. The van der Waals surface area contributed by atoms with Gasteiger partial charge in [0.2, 0.25) is 0 Å². The van der Waals surface area contributed by atoms with Crippen molar-refractivity contribution in [3.05, 3.63) is 50.7 Å². The van der Waals surface area contributed by atoms with Gasteiger partial charge in [-0.1, -0.05) is 24.3 Å². The number of nitrogens with one attached hydrogen (secondary N) is 1. The molecule has 0 fully saturated rings. The topological polar surface area (TPSA) is 38.3 Å². The van der Waals surface area contributed by atoms with E-state index in [2.05, 4.69) is 29.6 Å². The maximum Gasteiger partial charge on any atom is 0.265 e. The minimum absolute atomic E-state index is 0.0213. The van der Waals surface area contributed by atoms with Gasteiger partial charge in [-0.3, -0.25) is 4.79 Å². The fourth-order valence-corrected chi connectivity index (χ4v) is 5.29. The molecule has 2 aromatic rings. The normalized spacial score (nSPS) is 19.3. The summed E-state index contributed by atoms with van der Waals surface area (Å²) in [5.74, 6) is 0.837. The maximum absolute atomic E-state index is 12.9. The SMILES string of the molecule is COc1c(C(=O)NC2CCCc3ccccc32)sc2c1CCCC2. The Bertz CT molecular complexity index is 765. The Morgan fingerprint density at radius 3 is 2.88 bits per heavy atom. The van der Waals surface area contributed by atoms with Crippen LogP contribution in [0.4, 0.5) is 0 Å². The maximum atomic E-state index is 12.9. The summed E-state index contributed by atoms with van der Waals surface area (Å²) in [6.07, 6.45) is 7.77. The molecule has 0 aliphatic heterocycles. The zero-order valence-electron chi connectivity index (χ0n) is 14.1. The van der Waals surface area contributed by atoms with Crippen LogP contribution in [0.3, 0.4) is 0 Å². The van der Waals surface area contributed by atoms with Crippen LogP contribution in [-0.4, -0.2) is 13.0 Å². The number of thiophene rings is 1. The lowest BCUT2D eigenvalue weighted by Crippen LogP contribution is -2.30. The zero-order chi connectivity index (χ0) is 16.5. The van der Waals surface area contributed by atoms with Crippen LogP contribution in [0, 0.1) is 0 Å². The molecule has 4 rings (SSSR count). The van der Waals surface area contributed by atoms with Crippen molar-refractivity contribution in [3.63, 3.8) is 0 Å². The molecule has 1 amide bonds. The van der Waals surface area contributed by atoms with Crippen molar-refractivity contribution in [2.45, 2.75) is 51.0 Å². The Morgan fingerprint density at radius 2 is 2.00 bits per heavy atom. The summed E-state index contributed by atoms with van der Waals surface area (Å²) in [5.41, 5.74) is 3.91. The molecule has 1 aromatic carbocycles. The highest BCUT2D eigenvalue weighted by Gasteiger charge is 2.28. The monoisotopic (exact) mass is 341 g/mol. The first-order chi connectivity index (χ1) is 11.8. The Balaban J connectivity index is 1.61. The molecular formula is C20H23NO2S. The molecule has 1 aromatic heterocycles. The summed E-state index contributed by atoms with van der Waals surface area (Å²) >= 11 is 1.63. The third kappa shape index (κ3) is 2.73. The first-order valence-corrected chi connectivity index (χ1v) is 9.66. The van der Waals surface area contributed by atoms with E-state index in [0.29, 0.717) is 0 Å². The number of hydrogen-bond donors (Lipinski definition) is 1. The number of carbonyl (C=O) groups excluding carboxylic acids is 1. The molecule has 3 nitrogen and oxygen atoms in total. The lowest BCUT2D eigenvalue weighted by atomic mass is 9.87. The van der Waals surface area contributed by atoms with Crippen molar-refractivity contribution in [1.29, 1.82) is 0 Å². The van der Waals surface area contributed by atoms with E-state index in [-0.39, 0.29) is 11.9 Å². The van der Waals surface area contributed by atoms with E-state index in [1.54, 1.807) is 18.4 Å². The number of methoxy groups -OCH3 is 1. The van der Waals surface area contributed by atoms with E-state index in [9.17, 15) is 4.79 Å². The first kappa shape index (κ1) is 15.7. The number of ether oxygens (including phenoxy) is 1. The number of fused-ring (bicyclic) bond motifs is 2. The first-order valence-electron chi connectivity index (χ1n) is 8.85. The van der Waals surface area contributed by atoms with Gasteiger partial charge in [0.05, 0.1) is 13.2 Å². The third-order valence-electron chi connectivity index (χ3n) is 5.21. The number of amides is 1. The van der Waals surface area contributed by atoms with E-state index < -0.39 is 0 Å². The summed E-state index contributed by atoms with van der Waals surface area (Å²) in [6, 6.07) is 8.59. The van der Waals surface area contributed by atoms with Crippen LogP contribution in [0.1, 0.15) is 63.0 Å². The van der Waals surface area contributed by atoms with Gasteiger partial charge in [0, 0.05) is 10.4 Å². The molecular weight excluding hydrogens is 318 g/mol. The van der Waals surface area contributed by atoms with Crippen LogP contribution in [-0.2, 0) is 19.3 Å². The van der Waals surface area contributed by atoms with Crippen LogP contribution in [0.2, 0.25) is 0 Å².